The third kappa shape index (κ3) is 6.74. The number of aryl methyl sites for hydroxylation is 1. The van der Waals surface area contributed by atoms with Crippen LogP contribution in [0.2, 0.25) is 0 Å². The van der Waals surface area contributed by atoms with E-state index in [4.69, 9.17) is 0 Å². The van der Waals surface area contributed by atoms with Crippen molar-refractivity contribution >= 4 is 28.9 Å². The molecule has 0 aliphatic carbocycles. The summed E-state index contributed by atoms with van der Waals surface area (Å²) in [6.45, 7) is 3.61. The summed E-state index contributed by atoms with van der Waals surface area (Å²) in [4.78, 5) is 31.8. The lowest BCUT2D eigenvalue weighted by molar-refractivity contribution is -0.137. The number of alkyl halides is 3. The maximum atomic E-state index is 14.0. The Balaban J connectivity index is 1.40. The molecule has 0 radical (unpaired) electrons. The van der Waals surface area contributed by atoms with Crippen LogP contribution in [0.4, 0.5) is 13.2 Å². The molecular weight excluding hydrogens is 634 g/mol. The molecule has 0 saturated carbocycles. The minimum absolute atomic E-state index is 0.0227. The number of rotatable bonds is 6. The van der Waals surface area contributed by atoms with Crippen LogP contribution in [0.3, 0.4) is 0 Å². The maximum Gasteiger partial charge on any atom is 0.416 e. The molecule has 0 bridgehead atoms. The highest BCUT2D eigenvalue weighted by Gasteiger charge is 2.33. The number of carbonyl (C=O) groups excluding carboxylic acids is 1. The summed E-state index contributed by atoms with van der Waals surface area (Å²) in [7, 11) is 0. The third-order valence-corrected chi connectivity index (χ3v) is 9.47. The first kappa shape index (κ1) is 32.7. The summed E-state index contributed by atoms with van der Waals surface area (Å²) in [6, 6.07) is 34.3. The van der Waals surface area contributed by atoms with Crippen molar-refractivity contribution in [3.05, 3.63) is 157 Å². The van der Waals surface area contributed by atoms with Gasteiger partial charge >= 0.3 is 6.18 Å². The Hall–Kier alpha value is -5.24. The van der Waals surface area contributed by atoms with Gasteiger partial charge in [0.05, 0.1) is 21.8 Å². The van der Waals surface area contributed by atoms with Gasteiger partial charge in [-0.1, -0.05) is 91.0 Å². The van der Waals surface area contributed by atoms with Crippen LogP contribution in [-0.4, -0.2) is 46.5 Å². The molecule has 48 heavy (non-hydrogen) atoms. The van der Waals surface area contributed by atoms with Crippen molar-refractivity contribution in [1.29, 1.82) is 5.26 Å². The van der Waals surface area contributed by atoms with E-state index in [0.717, 1.165) is 34.1 Å². The van der Waals surface area contributed by atoms with Crippen LogP contribution in [0.25, 0.3) is 17.3 Å². The molecule has 242 valence electrons. The Morgan fingerprint density at radius 3 is 2.04 bits per heavy atom. The van der Waals surface area contributed by atoms with Crippen LogP contribution >= 0.6 is 11.3 Å². The average Bonchev–Trinajstić information content (AvgIpc) is 3.41. The number of halogens is 3. The first-order valence-corrected chi connectivity index (χ1v) is 16.2. The number of hydrogen-bond donors (Lipinski definition) is 0. The van der Waals surface area contributed by atoms with Gasteiger partial charge in [-0.3, -0.25) is 19.1 Å². The first-order chi connectivity index (χ1) is 23.2. The van der Waals surface area contributed by atoms with E-state index in [9.17, 15) is 28.0 Å². The predicted molar refractivity (Wildman–Crippen MR) is 181 cm³/mol. The van der Waals surface area contributed by atoms with E-state index < -0.39 is 23.2 Å². The van der Waals surface area contributed by atoms with Crippen molar-refractivity contribution in [1.82, 2.24) is 14.4 Å². The Morgan fingerprint density at radius 1 is 0.854 bits per heavy atom. The monoisotopic (exact) mass is 664 g/mol. The Labute approximate surface area is 279 Å². The zero-order valence-electron chi connectivity index (χ0n) is 26.0. The molecule has 6 rings (SSSR count). The van der Waals surface area contributed by atoms with E-state index in [0.29, 0.717) is 31.9 Å². The summed E-state index contributed by atoms with van der Waals surface area (Å²) in [6.07, 6.45) is -3.46. The molecule has 0 N–H and O–H groups in total. The lowest BCUT2D eigenvalue weighted by Crippen LogP contribution is -2.50. The van der Waals surface area contributed by atoms with E-state index in [1.807, 2.05) is 55.5 Å². The van der Waals surface area contributed by atoms with Gasteiger partial charge in [-0.05, 0) is 53.5 Å². The number of aromatic nitrogens is 1. The lowest BCUT2D eigenvalue weighted by atomic mass is 9.96. The van der Waals surface area contributed by atoms with Crippen molar-refractivity contribution in [2.24, 2.45) is 0 Å². The second-order valence-electron chi connectivity index (χ2n) is 11.5. The van der Waals surface area contributed by atoms with Crippen molar-refractivity contribution in [3.8, 4) is 11.8 Å². The third-order valence-electron chi connectivity index (χ3n) is 8.37. The molecule has 0 atom stereocenters. The van der Waals surface area contributed by atoms with E-state index in [1.54, 1.807) is 23.1 Å². The van der Waals surface area contributed by atoms with Crippen molar-refractivity contribution < 1.29 is 18.0 Å². The number of amides is 1. The molecule has 1 aliphatic heterocycles. The van der Waals surface area contributed by atoms with E-state index in [-0.39, 0.29) is 26.4 Å². The molecule has 1 fully saturated rings. The molecule has 4 aromatic carbocycles. The molecule has 1 aromatic heterocycles. The van der Waals surface area contributed by atoms with Crippen LogP contribution in [-0.2, 0) is 11.0 Å². The number of piperazine rings is 1. The smallest absolute Gasteiger partial charge is 0.335 e. The van der Waals surface area contributed by atoms with Crippen LogP contribution in [0.1, 0.15) is 33.9 Å². The maximum absolute atomic E-state index is 14.0. The molecule has 0 unspecified atom stereocenters. The highest BCUT2D eigenvalue weighted by atomic mass is 32.1. The summed E-state index contributed by atoms with van der Waals surface area (Å²) in [5.74, 6) is -0.530. The second kappa shape index (κ2) is 13.9. The fourth-order valence-corrected chi connectivity index (χ4v) is 7.17. The lowest BCUT2D eigenvalue weighted by Gasteiger charge is -2.39. The Morgan fingerprint density at radius 2 is 1.46 bits per heavy atom. The quantitative estimate of drug-likeness (QED) is 0.235. The number of benzene rings is 4. The van der Waals surface area contributed by atoms with Gasteiger partial charge in [-0.15, -0.1) is 11.3 Å². The first-order valence-electron chi connectivity index (χ1n) is 15.4. The molecule has 0 spiro atoms. The van der Waals surface area contributed by atoms with Gasteiger partial charge < -0.3 is 4.90 Å². The number of hydrogen-bond acceptors (Lipinski definition) is 5. The van der Waals surface area contributed by atoms with Crippen LogP contribution < -0.4 is 14.8 Å². The molecule has 5 aromatic rings. The number of nitrogens with zero attached hydrogens (tertiary/aromatic N) is 4. The zero-order valence-corrected chi connectivity index (χ0v) is 26.8. The molecule has 1 saturated heterocycles. The van der Waals surface area contributed by atoms with Crippen LogP contribution in [0, 0.1) is 18.3 Å². The van der Waals surface area contributed by atoms with Crippen molar-refractivity contribution in [3.63, 3.8) is 0 Å². The highest BCUT2D eigenvalue weighted by Crippen LogP contribution is 2.32. The van der Waals surface area contributed by atoms with E-state index in [2.05, 4.69) is 29.2 Å². The summed E-state index contributed by atoms with van der Waals surface area (Å²) in [5, 5.41) is 10.4. The zero-order chi connectivity index (χ0) is 33.8. The van der Waals surface area contributed by atoms with Crippen LogP contribution in [0.5, 0.6) is 0 Å². The van der Waals surface area contributed by atoms with Gasteiger partial charge in [-0.25, -0.2) is 0 Å². The second-order valence-corrected chi connectivity index (χ2v) is 12.5. The van der Waals surface area contributed by atoms with Gasteiger partial charge in [0.2, 0.25) is 0 Å². The SMILES string of the molecule is Cc1cccc(-n2c(=C(C#N)C(=O)N3CCN(C(c4ccccc4)c4ccccc4)CC3)sc(=Cc3ccccc3C(F)(F)F)c2=O)c1. The van der Waals surface area contributed by atoms with Gasteiger partial charge in [0, 0.05) is 26.2 Å². The molecule has 1 aliphatic rings. The number of nitriles is 1. The van der Waals surface area contributed by atoms with Gasteiger partial charge in [0.1, 0.15) is 10.7 Å². The molecule has 10 heteroatoms. The molecule has 1 amide bonds. The summed E-state index contributed by atoms with van der Waals surface area (Å²) in [5.41, 5.74) is 1.58. The van der Waals surface area contributed by atoms with Gasteiger partial charge in [-0.2, -0.15) is 18.4 Å². The van der Waals surface area contributed by atoms with E-state index >= 15 is 0 Å². The average molecular weight is 665 g/mol. The fraction of sp³-hybridized carbons (Fsp3) is 0.184. The van der Waals surface area contributed by atoms with Crippen molar-refractivity contribution in [2.75, 3.05) is 26.2 Å². The minimum Gasteiger partial charge on any atom is -0.335 e. The van der Waals surface area contributed by atoms with E-state index in [1.165, 1.54) is 28.8 Å². The standard InChI is InChI=1S/C38H31F3N4O2S/c1-26-11-10-17-30(23-26)45-36(47)33(24-29-16-8-9-18-32(29)38(39,40)41)48-37(45)31(25-42)35(46)44-21-19-43(20-22-44)34(27-12-4-2-5-13-27)28-14-6-3-7-15-28/h2-18,23-24,34H,19-22H2,1H3. The summed E-state index contributed by atoms with van der Waals surface area (Å²) < 4.78 is 42.7. The van der Waals surface area contributed by atoms with Gasteiger partial charge in [0.25, 0.3) is 11.5 Å². The predicted octanol–water partition coefficient (Wildman–Crippen LogP) is 5.66. The minimum atomic E-state index is -4.63. The number of carbonyl (C=O) groups is 1. The molecule has 6 nitrogen and oxygen atoms in total. The topological polar surface area (TPSA) is 69.3 Å². The normalized spacial score (nSPS) is 15.0. The van der Waals surface area contributed by atoms with Crippen LogP contribution in [0.15, 0.2) is 114 Å². The molecular formula is C38H31F3N4O2S. The number of thiazole rings is 1. The molecule has 2 heterocycles. The highest BCUT2D eigenvalue weighted by molar-refractivity contribution is 7.07. The Bertz CT molecular complexity index is 2120. The fourth-order valence-electron chi connectivity index (χ4n) is 6.09. The van der Waals surface area contributed by atoms with Crippen molar-refractivity contribution in [2.45, 2.75) is 19.1 Å². The Kier molecular flexibility index (Phi) is 9.44. The van der Waals surface area contributed by atoms with Gasteiger partial charge in [0.15, 0.2) is 5.57 Å². The summed E-state index contributed by atoms with van der Waals surface area (Å²) >= 11 is 0.836. The largest absolute Gasteiger partial charge is 0.416 e.